The SMILES string of the molecule is CC(C)Oc1ccc(CNC(=O)N(Cc2ccc(F)cc2)C2CCN(CCCN3CCOCC3)CC2)cc1. The lowest BCUT2D eigenvalue weighted by atomic mass is 10.0. The summed E-state index contributed by atoms with van der Waals surface area (Å²) in [6, 6.07) is 14.4. The molecule has 0 aliphatic carbocycles. The number of ether oxygens (including phenoxy) is 2. The molecule has 2 aliphatic rings. The van der Waals surface area contributed by atoms with Gasteiger partial charge in [-0.25, -0.2) is 9.18 Å². The van der Waals surface area contributed by atoms with Crippen LogP contribution in [0.4, 0.5) is 9.18 Å². The van der Waals surface area contributed by atoms with Crippen LogP contribution in [0.1, 0.15) is 44.2 Å². The molecule has 7 nitrogen and oxygen atoms in total. The minimum Gasteiger partial charge on any atom is -0.491 e. The molecule has 0 saturated carbocycles. The van der Waals surface area contributed by atoms with Crippen LogP contribution < -0.4 is 10.1 Å². The fourth-order valence-electron chi connectivity index (χ4n) is 5.19. The van der Waals surface area contributed by atoms with Crippen molar-refractivity contribution in [2.75, 3.05) is 52.5 Å². The molecule has 208 valence electrons. The van der Waals surface area contributed by atoms with Crippen LogP contribution in [-0.4, -0.2) is 85.4 Å². The average molecular weight is 527 g/mol. The lowest BCUT2D eigenvalue weighted by Crippen LogP contribution is -2.50. The zero-order chi connectivity index (χ0) is 26.7. The Labute approximate surface area is 226 Å². The quantitative estimate of drug-likeness (QED) is 0.467. The van der Waals surface area contributed by atoms with E-state index in [4.69, 9.17) is 9.47 Å². The number of nitrogens with zero attached hydrogens (tertiary/aromatic N) is 3. The van der Waals surface area contributed by atoms with Crippen molar-refractivity contribution in [1.29, 1.82) is 0 Å². The maximum Gasteiger partial charge on any atom is 0.318 e. The zero-order valence-electron chi connectivity index (χ0n) is 22.9. The second-order valence-corrected chi connectivity index (χ2v) is 10.6. The summed E-state index contributed by atoms with van der Waals surface area (Å²) in [7, 11) is 0. The van der Waals surface area contributed by atoms with Gasteiger partial charge in [-0.3, -0.25) is 4.90 Å². The third kappa shape index (κ3) is 8.96. The Morgan fingerprint density at radius 2 is 1.58 bits per heavy atom. The predicted octanol–water partition coefficient (Wildman–Crippen LogP) is 4.51. The summed E-state index contributed by atoms with van der Waals surface area (Å²) in [6.07, 6.45) is 3.16. The summed E-state index contributed by atoms with van der Waals surface area (Å²) >= 11 is 0. The van der Waals surface area contributed by atoms with Crippen molar-refractivity contribution in [3.8, 4) is 5.75 Å². The van der Waals surface area contributed by atoms with Crippen molar-refractivity contribution in [2.45, 2.75) is 58.3 Å². The van der Waals surface area contributed by atoms with Crippen LogP contribution in [0.2, 0.25) is 0 Å². The number of hydrogen-bond acceptors (Lipinski definition) is 5. The van der Waals surface area contributed by atoms with Gasteiger partial charge in [0.15, 0.2) is 0 Å². The molecule has 0 atom stereocenters. The molecule has 2 aromatic rings. The number of morpholine rings is 1. The number of carbonyl (C=O) groups excluding carboxylic acids is 1. The molecule has 38 heavy (non-hydrogen) atoms. The Morgan fingerprint density at radius 3 is 2.21 bits per heavy atom. The molecule has 2 aliphatic heterocycles. The Kier molecular flexibility index (Phi) is 10.8. The van der Waals surface area contributed by atoms with Crippen molar-refractivity contribution in [3.05, 3.63) is 65.5 Å². The molecule has 2 aromatic carbocycles. The number of rotatable bonds is 11. The van der Waals surface area contributed by atoms with Gasteiger partial charge in [-0.15, -0.1) is 0 Å². The Morgan fingerprint density at radius 1 is 0.974 bits per heavy atom. The van der Waals surface area contributed by atoms with E-state index >= 15 is 0 Å². The normalized spacial score (nSPS) is 17.5. The number of likely N-dealkylation sites (tertiary alicyclic amines) is 1. The fraction of sp³-hybridized carbons (Fsp3) is 0.567. The van der Waals surface area contributed by atoms with Crippen LogP contribution in [0.3, 0.4) is 0 Å². The van der Waals surface area contributed by atoms with Gasteiger partial charge in [-0.1, -0.05) is 24.3 Å². The standard InChI is InChI=1S/C30H43FN4O3/c1-24(2)38-29-10-6-25(7-11-29)22-32-30(36)35(23-26-4-8-27(31)9-5-26)28-12-16-33(17-13-28)14-3-15-34-18-20-37-21-19-34/h4-11,24,28H,3,12-23H2,1-2H3,(H,32,36). The van der Waals surface area contributed by atoms with Gasteiger partial charge in [-0.2, -0.15) is 0 Å². The highest BCUT2D eigenvalue weighted by atomic mass is 19.1. The number of benzene rings is 2. The van der Waals surface area contributed by atoms with E-state index in [9.17, 15) is 9.18 Å². The summed E-state index contributed by atoms with van der Waals surface area (Å²) < 4.78 is 24.7. The molecule has 1 N–H and O–H groups in total. The summed E-state index contributed by atoms with van der Waals surface area (Å²) in [4.78, 5) is 20.4. The largest absolute Gasteiger partial charge is 0.491 e. The molecule has 2 amide bonds. The van der Waals surface area contributed by atoms with Crippen LogP contribution in [0.25, 0.3) is 0 Å². The van der Waals surface area contributed by atoms with Gasteiger partial charge < -0.3 is 24.6 Å². The van der Waals surface area contributed by atoms with E-state index in [0.717, 1.165) is 88.6 Å². The molecule has 2 fully saturated rings. The number of urea groups is 1. The third-order valence-corrected chi connectivity index (χ3v) is 7.32. The molecular formula is C30H43FN4O3. The van der Waals surface area contributed by atoms with Crippen LogP contribution in [0.5, 0.6) is 5.75 Å². The molecular weight excluding hydrogens is 483 g/mol. The predicted molar refractivity (Wildman–Crippen MR) is 148 cm³/mol. The van der Waals surface area contributed by atoms with Crippen molar-refractivity contribution in [1.82, 2.24) is 20.0 Å². The summed E-state index contributed by atoms with van der Waals surface area (Å²) in [5.74, 6) is 0.560. The average Bonchev–Trinajstić information content (AvgIpc) is 2.93. The molecule has 4 rings (SSSR count). The molecule has 0 aromatic heterocycles. The minimum absolute atomic E-state index is 0.0809. The summed E-state index contributed by atoms with van der Waals surface area (Å²) in [5, 5.41) is 3.11. The van der Waals surface area contributed by atoms with Crippen molar-refractivity contribution in [2.24, 2.45) is 0 Å². The van der Waals surface area contributed by atoms with Crippen molar-refractivity contribution >= 4 is 6.03 Å². The van der Waals surface area contributed by atoms with Crippen LogP contribution in [-0.2, 0) is 17.8 Å². The van der Waals surface area contributed by atoms with E-state index < -0.39 is 0 Å². The maximum atomic E-state index is 13.5. The van der Waals surface area contributed by atoms with Crippen LogP contribution >= 0.6 is 0 Å². The van der Waals surface area contributed by atoms with Gasteiger partial charge in [0.05, 0.1) is 19.3 Å². The van der Waals surface area contributed by atoms with Crippen LogP contribution in [0.15, 0.2) is 48.5 Å². The lowest BCUT2D eigenvalue weighted by molar-refractivity contribution is 0.0352. The Balaban J connectivity index is 1.30. The van der Waals surface area contributed by atoms with E-state index in [2.05, 4.69) is 15.1 Å². The van der Waals surface area contributed by atoms with Crippen LogP contribution in [0, 0.1) is 5.82 Å². The zero-order valence-corrected chi connectivity index (χ0v) is 22.9. The number of amides is 2. The van der Waals surface area contributed by atoms with Gasteiger partial charge >= 0.3 is 6.03 Å². The fourth-order valence-corrected chi connectivity index (χ4v) is 5.19. The number of piperidine rings is 1. The Hall–Kier alpha value is -2.68. The topological polar surface area (TPSA) is 57.3 Å². The second-order valence-electron chi connectivity index (χ2n) is 10.6. The van der Waals surface area contributed by atoms with E-state index in [-0.39, 0.29) is 24.0 Å². The molecule has 8 heteroatoms. The number of hydrogen-bond donors (Lipinski definition) is 1. The lowest BCUT2D eigenvalue weighted by Gasteiger charge is -2.39. The molecule has 2 heterocycles. The highest BCUT2D eigenvalue weighted by Crippen LogP contribution is 2.21. The molecule has 0 spiro atoms. The first-order valence-corrected chi connectivity index (χ1v) is 14.0. The first-order chi connectivity index (χ1) is 18.5. The first kappa shape index (κ1) is 28.3. The molecule has 0 unspecified atom stereocenters. The van der Waals surface area contributed by atoms with E-state index in [1.54, 1.807) is 12.1 Å². The highest BCUT2D eigenvalue weighted by Gasteiger charge is 2.28. The molecule has 0 bridgehead atoms. The van der Waals surface area contributed by atoms with E-state index in [0.29, 0.717) is 13.1 Å². The van der Waals surface area contributed by atoms with Crippen molar-refractivity contribution < 1.29 is 18.7 Å². The highest BCUT2D eigenvalue weighted by molar-refractivity contribution is 5.74. The number of carbonyl (C=O) groups is 1. The van der Waals surface area contributed by atoms with Gasteiger partial charge in [0.25, 0.3) is 0 Å². The smallest absolute Gasteiger partial charge is 0.318 e. The first-order valence-electron chi connectivity index (χ1n) is 14.0. The van der Waals surface area contributed by atoms with E-state index in [1.807, 2.05) is 43.0 Å². The van der Waals surface area contributed by atoms with Gasteiger partial charge in [0.2, 0.25) is 0 Å². The third-order valence-electron chi connectivity index (χ3n) is 7.32. The molecule has 0 radical (unpaired) electrons. The monoisotopic (exact) mass is 526 g/mol. The minimum atomic E-state index is -0.264. The molecule has 2 saturated heterocycles. The van der Waals surface area contributed by atoms with E-state index in [1.165, 1.54) is 12.1 Å². The van der Waals surface area contributed by atoms with Gasteiger partial charge in [0.1, 0.15) is 11.6 Å². The number of halogens is 1. The Bertz CT molecular complexity index is 972. The summed E-state index contributed by atoms with van der Waals surface area (Å²) in [6.45, 7) is 12.8. The van der Waals surface area contributed by atoms with Crippen molar-refractivity contribution in [3.63, 3.8) is 0 Å². The number of nitrogens with one attached hydrogen (secondary N) is 1. The second kappa shape index (κ2) is 14.5. The maximum absolute atomic E-state index is 13.5. The van der Waals surface area contributed by atoms with Gasteiger partial charge in [0, 0.05) is 45.3 Å². The summed E-state index contributed by atoms with van der Waals surface area (Å²) in [5.41, 5.74) is 1.95. The van der Waals surface area contributed by atoms with Gasteiger partial charge in [-0.05, 0) is 81.6 Å².